The average molecular weight is 323 g/mol. The fourth-order valence-electron chi connectivity index (χ4n) is 3.30. The molecule has 3 aromatic rings. The standard InChI is InChI=1S/C17H21N7/c1-12-20-21-16-6-5-15(11-24(12)16)19-9-14-10-23(2)22-17(14)13-4-3-7-18-8-13/h3-4,7-8,10,15,19H,5-6,9,11H2,1-2H3/t15-/m0/s1. The zero-order chi connectivity index (χ0) is 16.5. The molecule has 4 heterocycles. The molecule has 0 unspecified atom stereocenters. The topological polar surface area (TPSA) is 73.5 Å². The van der Waals surface area contributed by atoms with Gasteiger partial charge in [-0.2, -0.15) is 5.10 Å². The molecule has 0 amide bonds. The number of pyridine rings is 1. The van der Waals surface area contributed by atoms with E-state index in [1.54, 1.807) is 6.20 Å². The Kier molecular flexibility index (Phi) is 3.86. The van der Waals surface area contributed by atoms with Crippen LogP contribution < -0.4 is 5.32 Å². The lowest BCUT2D eigenvalue weighted by Gasteiger charge is -2.25. The van der Waals surface area contributed by atoms with Crippen molar-refractivity contribution < 1.29 is 0 Å². The number of fused-ring (bicyclic) bond motifs is 1. The Morgan fingerprint density at radius 2 is 2.25 bits per heavy atom. The zero-order valence-corrected chi connectivity index (χ0v) is 14.0. The molecule has 7 heteroatoms. The van der Waals surface area contributed by atoms with Crippen LogP contribution in [0.2, 0.25) is 0 Å². The smallest absolute Gasteiger partial charge is 0.133 e. The maximum atomic E-state index is 4.60. The second-order valence-electron chi connectivity index (χ2n) is 6.31. The third-order valence-electron chi connectivity index (χ3n) is 4.55. The van der Waals surface area contributed by atoms with Gasteiger partial charge in [-0.15, -0.1) is 10.2 Å². The summed E-state index contributed by atoms with van der Waals surface area (Å²) in [5.74, 6) is 2.09. The van der Waals surface area contributed by atoms with Crippen molar-refractivity contribution in [2.45, 2.75) is 38.9 Å². The molecule has 0 fully saturated rings. The van der Waals surface area contributed by atoms with Crippen LogP contribution in [0.25, 0.3) is 11.3 Å². The summed E-state index contributed by atoms with van der Waals surface area (Å²) in [6.45, 7) is 3.73. The van der Waals surface area contributed by atoms with Gasteiger partial charge < -0.3 is 9.88 Å². The molecule has 0 saturated heterocycles. The van der Waals surface area contributed by atoms with Crippen molar-refractivity contribution in [3.8, 4) is 11.3 Å². The minimum atomic E-state index is 0.425. The summed E-state index contributed by atoms with van der Waals surface area (Å²) < 4.78 is 4.08. The Balaban J connectivity index is 1.48. The van der Waals surface area contributed by atoms with Gasteiger partial charge in [-0.05, 0) is 25.5 Å². The third-order valence-corrected chi connectivity index (χ3v) is 4.55. The molecule has 1 atom stereocenters. The third kappa shape index (κ3) is 2.82. The molecule has 1 aliphatic heterocycles. The molecule has 0 radical (unpaired) electrons. The van der Waals surface area contributed by atoms with Crippen LogP contribution in [-0.4, -0.2) is 35.6 Å². The van der Waals surface area contributed by atoms with Crippen molar-refractivity contribution in [3.05, 3.63) is 47.9 Å². The van der Waals surface area contributed by atoms with Crippen molar-refractivity contribution in [2.75, 3.05) is 0 Å². The molecule has 0 spiro atoms. The second kappa shape index (κ2) is 6.16. The van der Waals surface area contributed by atoms with Crippen molar-refractivity contribution in [3.63, 3.8) is 0 Å². The molecule has 0 bridgehead atoms. The quantitative estimate of drug-likeness (QED) is 0.787. The van der Waals surface area contributed by atoms with E-state index in [4.69, 9.17) is 0 Å². The molecular weight excluding hydrogens is 302 g/mol. The van der Waals surface area contributed by atoms with Gasteiger partial charge in [0.05, 0.1) is 5.69 Å². The number of nitrogens with one attached hydrogen (secondary N) is 1. The lowest BCUT2D eigenvalue weighted by atomic mass is 10.1. The fourth-order valence-corrected chi connectivity index (χ4v) is 3.30. The van der Waals surface area contributed by atoms with Crippen LogP contribution in [0, 0.1) is 6.92 Å². The van der Waals surface area contributed by atoms with Crippen LogP contribution in [0.15, 0.2) is 30.7 Å². The molecule has 7 nitrogen and oxygen atoms in total. The first-order chi connectivity index (χ1) is 11.7. The summed E-state index contributed by atoms with van der Waals surface area (Å²) in [4.78, 5) is 4.20. The van der Waals surface area contributed by atoms with E-state index in [2.05, 4.69) is 36.4 Å². The molecule has 0 aliphatic carbocycles. The van der Waals surface area contributed by atoms with Gasteiger partial charge in [-0.3, -0.25) is 9.67 Å². The summed E-state index contributed by atoms with van der Waals surface area (Å²) >= 11 is 0. The molecule has 0 aromatic carbocycles. The number of hydrogen-bond donors (Lipinski definition) is 1. The minimum Gasteiger partial charge on any atom is -0.314 e. The monoisotopic (exact) mass is 323 g/mol. The maximum Gasteiger partial charge on any atom is 0.133 e. The number of rotatable bonds is 4. The summed E-state index contributed by atoms with van der Waals surface area (Å²) in [6.07, 6.45) is 7.78. The van der Waals surface area contributed by atoms with Gasteiger partial charge in [0.2, 0.25) is 0 Å². The predicted molar refractivity (Wildman–Crippen MR) is 90.1 cm³/mol. The molecule has 1 N–H and O–H groups in total. The van der Waals surface area contributed by atoms with Crippen LogP contribution >= 0.6 is 0 Å². The van der Waals surface area contributed by atoms with Gasteiger partial charge in [0, 0.05) is 62.3 Å². The van der Waals surface area contributed by atoms with Crippen LogP contribution in [-0.2, 0) is 26.6 Å². The van der Waals surface area contributed by atoms with E-state index in [0.717, 1.165) is 48.8 Å². The van der Waals surface area contributed by atoms with Crippen LogP contribution in [0.3, 0.4) is 0 Å². The van der Waals surface area contributed by atoms with E-state index >= 15 is 0 Å². The second-order valence-corrected chi connectivity index (χ2v) is 6.31. The first-order valence-electron chi connectivity index (χ1n) is 8.25. The summed E-state index contributed by atoms with van der Waals surface area (Å²) in [5, 5.41) is 16.7. The first kappa shape index (κ1) is 15.0. The average Bonchev–Trinajstić information content (AvgIpc) is 3.17. The predicted octanol–water partition coefficient (Wildman–Crippen LogP) is 1.49. The molecule has 3 aromatic heterocycles. The Bertz CT molecular complexity index is 834. The van der Waals surface area contributed by atoms with Gasteiger partial charge in [-0.1, -0.05) is 0 Å². The molecular formula is C17H21N7. The highest BCUT2D eigenvalue weighted by molar-refractivity contribution is 5.61. The van der Waals surface area contributed by atoms with Gasteiger partial charge in [0.25, 0.3) is 0 Å². The first-order valence-corrected chi connectivity index (χ1v) is 8.25. The number of aromatic nitrogens is 6. The van der Waals surface area contributed by atoms with Gasteiger partial charge in [0.15, 0.2) is 0 Å². The Morgan fingerprint density at radius 1 is 1.33 bits per heavy atom. The van der Waals surface area contributed by atoms with Gasteiger partial charge >= 0.3 is 0 Å². The highest BCUT2D eigenvalue weighted by Gasteiger charge is 2.21. The van der Waals surface area contributed by atoms with Gasteiger partial charge in [0.1, 0.15) is 11.6 Å². The normalized spacial score (nSPS) is 17.0. The zero-order valence-electron chi connectivity index (χ0n) is 14.0. The number of hydrogen-bond acceptors (Lipinski definition) is 5. The van der Waals surface area contributed by atoms with Gasteiger partial charge in [-0.25, -0.2) is 0 Å². The molecule has 0 saturated carbocycles. The highest BCUT2D eigenvalue weighted by atomic mass is 15.3. The largest absolute Gasteiger partial charge is 0.314 e. The van der Waals surface area contributed by atoms with Crippen LogP contribution in [0.5, 0.6) is 0 Å². The number of nitrogens with zero attached hydrogens (tertiary/aromatic N) is 6. The lowest BCUT2D eigenvalue weighted by Crippen LogP contribution is -2.37. The molecule has 1 aliphatic rings. The Morgan fingerprint density at radius 3 is 3.08 bits per heavy atom. The Hall–Kier alpha value is -2.54. The van der Waals surface area contributed by atoms with E-state index in [9.17, 15) is 0 Å². The van der Waals surface area contributed by atoms with Crippen molar-refractivity contribution >= 4 is 0 Å². The van der Waals surface area contributed by atoms with Crippen molar-refractivity contribution in [2.24, 2.45) is 7.05 Å². The van der Waals surface area contributed by atoms with Crippen molar-refractivity contribution in [1.82, 2.24) is 34.8 Å². The summed E-state index contributed by atoms with van der Waals surface area (Å²) in [7, 11) is 1.96. The molecule has 4 rings (SSSR count). The van der Waals surface area contributed by atoms with Crippen LogP contribution in [0.1, 0.15) is 23.6 Å². The fraction of sp³-hybridized carbons (Fsp3) is 0.412. The lowest BCUT2D eigenvalue weighted by molar-refractivity contribution is 0.375. The number of aryl methyl sites for hydroxylation is 3. The van der Waals surface area contributed by atoms with E-state index < -0.39 is 0 Å². The van der Waals surface area contributed by atoms with Crippen LogP contribution in [0.4, 0.5) is 0 Å². The van der Waals surface area contributed by atoms with E-state index in [0.29, 0.717) is 6.04 Å². The van der Waals surface area contributed by atoms with Crippen molar-refractivity contribution in [1.29, 1.82) is 0 Å². The maximum absolute atomic E-state index is 4.60. The minimum absolute atomic E-state index is 0.425. The molecule has 124 valence electrons. The summed E-state index contributed by atoms with van der Waals surface area (Å²) in [6, 6.07) is 4.42. The van der Waals surface area contributed by atoms with E-state index in [1.807, 2.05) is 37.0 Å². The SMILES string of the molecule is Cc1nnc2n1C[C@@H](NCc1cn(C)nc1-c1cccnc1)CC2. The van der Waals surface area contributed by atoms with E-state index in [-0.39, 0.29) is 0 Å². The highest BCUT2D eigenvalue weighted by Crippen LogP contribution is 2.21. The molecule has 24 heavy (non-hydrogen) atoms. The summed E-state index contributed by atoms with van der Waals surface area (Å²) in [5.41, 5.74) is 3.24. The van der Waals surface area contributed by atoms with E-state index in [1.165, 1.54) is 5.56 Å². The Labute approximate surface area is 140 Å².